The maximum absolute atomic E-state index is 11.7. The third kappa shape index (κ3) is 5.42. The maximum atomic E-state index is 11.7. The number of nitrogens with one attached hydrogen (secondary N) is 2. The fourth-order valence-electron chi connectivity index (χ4n) is 1.46. The highest BCUT2D eigenvalue weighted by molar-refractivity contribution is 7.98. The van der Waals surface area contributed by atoms with Crippen molar-refractivity contribution in [2.24, 2.45) is 0 Å². The van der Waals surface area contributed by atoms with E-state index >= 15 is 0 Å². The molecular weight excluding hydrogens is 290 g/mol. The minimum atomic E-state index is -0.537. The summed E-state index contributed by atoms with van der Waals surface area (Å²) in [5.41, 5.74) is 0.480. The Morgan fingerprint density at radius 3 is 2.95 bits per heavy atom. The van der Waals surface area contributed by atoms with Gasteiger partial charge in [0.05, 0.1) is 6.20 Å². The summed E-state index contributed by atoms with van der Waals surface area (Å²) < 4.78 is 5.18. The van der Waals surface area contributed by atoms with E-state index < -0.39 is 11.7 Å². The lowest BCUT2D eigenvalue weighted by Gasteiger charge is -2.19. The Bertz CT molecular complexity index is 595. The second kappa shape index (κ2) is 6.57. The molecule has 0 aliphatic carbocycles. The quantitative estimate of drug-likeness (QED) is 0.844. The monoisotopic (exact) mass is 307 g/mol. The molecule has 112 valence electrons. The summed E-state index contributed by atoms with van der Waals surface area (Å²) in [5, 5.41) is 13.7. The lowest BCUT2D eigenvalue weighted by molar-refractivity contribution is 0.0635. The Morgan fingerprint density at radius 2 is 2.29 bits per heavy atom. The number of aromatic nitrogens is 4. The van der Waals surface area contributed by atoms with E-state index in [-0.39, 0.29) is 0 Å². The number of amides is 1. The second-order valence-corrected chi connectivity index (χ2v) is 6.27. The molecule has 0 fully saturated rings. The molecule has 0 aliphatic rings. The zero-order chi connectivity index (χ0) is 15.3. The maximum Gasteiger partial charge on any atom is 0.413 e. The Balaban J connectivity index is 1.92. The average molecular weight is 307 g/mol. The number of nitrogens with zero attached hydrogens (tertiary/aromatic N) is 3. The van der Waals surface area contributed by atoms with E-state index in [1.54, 1.807) is 30.2 Å². The Labute approximate surface area is 126 Å². The van der Waals surface area contributed by atoms with Gasteiger partial charge < -0.3 is 4.74 Å². The molecule has 2 N–H and O–H groups in total. The molecule has 8 heteroatoms. The van der Waals surface area contributed by atoms with Gasteiger partial charge in [0.15, 0.2) is 0 Å². The summed E-state index contributed by atoms with van der Waals surface area (Å²) in [6.45, 7) is 5.43. The van der Waals surface area contributed by atoms with Crippen LogP contribution in [0.1, 0.15) is 26.3 Å². The van der Waals surface area contributed by atoms with Gasteiger partial charge in [-0.05, 0) is 38.5 Å². The van der Waals surface area contributed by atoms with E-state index in [0.717, 1.165) is 10.6 Å². The summed E-state index contributed by atoms with van der Waals surface area (Å²) in [5.74, 6) is 1.17. The zero-order valence-corrected chi connectivity index (χ0v) is 12.9. The van der Waals surface area contributed by atoms with Crippen LogP contribution in [-0.4, -0.2) is 32.1 Å². The van der Waals surface area contributed by atoms with Gasteiger partial charge in [0.25, 0.3) is 0 Å². The van der Waals surface area contributed by atoms with Crippen LogP contribution in [0.4, 0.5) is 10.6 Å². The minimum Gasteiger partial charge on any atom is -0.444 e. The summed E-state index contributed by atoms with van der Waals surface area (Å²) in [6.07, 6.45) is 2.79. The van der Waals surface area contributed by atoms with Gasteiger partial charge in [-0.3, -0.25) is 5.32 Å². The number of carbonyl (C=O) groups is 1. The van der Waals surface area contributed by atoms with Crippen LogP contribution in [-0.2, 0) is 10.5 Å². The van der Waals surface area contributed by atoms with Crippen molar-refractivity contribution >= 4 is 23.7 Å². The number of H-pyrrole nitrogens is 1. The molecule has 0 saturated carbocycles. The van der Waals surface area contributed by atoms with Crippen LogP contribution >= 0.6 is 11.8 Å². The van der Waals surface area contributed by atoms with Gasteiger partial charge >= 0.3 is 6.09 Å². The van der Waals surface area contributed by atoms with Crippen molar-refractivity contribution in [2.75, 3.05) is 5.32 Å². The number of anilines is 1. The van der Waals surface area contributed by atoms with E-state index in [2.05, 4.69) is 25.7 Å². The van der Waals surface area contributed by atoms with Gasteiger partial charge in [-0.25, -0.2) is 9.78 Å². The number of aromatic amines is 1. The molecule has 2 aromatic heterocycles. The number of ether oxygens (including phenoxy) is 1. The first-order valence-electron chi connectivity index (χ1n) is 6.36. The van der Waals surface area contributed by atoms with Gasteiger partial charge in [0.2, 0.25) is 0 Å². The highest BCUT2D eigenvalue weighted by Crippen LogP contribution is 2.20. The van der Waals surface area contributed by atoms with Crippen molar-refractivity contribution < 1.29 is 9.53 Å². The SMILES string of the molecule is CC(C)(C)OC(=O)Nc1cc(CSc2cn[nH]n2)ccn1. The van der Waals surface area contributed by atoms with E-state index in [0.29, 0.717) is 11.6 Å². The largest absolute Gasteiger partial charge is 0.444 e. The first kappa shape index (κ1) is 15.3. The molecule has 21 heavy (non-hydrogen) atoms. The highest BCUT2D eigenvalue weighted by atomic mass is 32.2. The molecule has 7 nitrogen and oxygen atoms in total. The fraction of sp³-hybridized carbons (Fsp3) is 0.385. The van der Waals surface area contributed by atoms with E-state index in [1.807, 2.05) is 26.8 Å². The van der Waals surface area contributed by atoms with E-state index in [9.17, 15) is 4.79 Å². The van der Waals surface area contributed by atoms with Gasteiger partial charge in [-0.15, -0.1) is 5.10 Å². The molecule has 0 bridgehead atoms. The molecule has 0 radical (unpaired) electrons. The Morgan fingerprint density at radius 1 is 1.48 bits per heavy atom. The summed E-state index contributed by atoms with van der Waals surface area (Å²) in [4.78, 5) is 15.8. The molecule has 1 amide bonds. The van der Waals surface area contributed by atoms with Crippen molar-refractivity contribution in [1.29, 1.82) is 0 Å². The topological polar surface area (TPSA) is 92.8 Å². The van der Waals surface area contributed by atoms with Crippen molar-refractivity contribution in [3.8, 4) is 0 Å². The van der Waals surface area contributed by atoms with Gasteiger partial charge in [0, 0.05) is 11.9 Å². The molecular formula is C13H17N5O2S. The van der Waals surface area contributed by atoms with Crippen LogP contribution in [0, 0.1) is 0 Å². The number of carbonyl (C=O) groups excluding carboxylic acids is 1. The van der Waals surface area contributed by atoms with Gasteiger partial charge in [-0.2, -0.15) is 10.3 Å². The predicted molar refractivity (Wildman–Crippen MR) is 80.0 cm³/mol. The molecule has 2 heterocycles. The van der Waals surface area contributed by atoms with Crippen LogP contribution in [0.25, 0.3) is 0 Å². The van der Waals surface area contributed by atoms with Crippen LogP contribution < -0.4 is 5.32 Å². The average Bonchev–Trinajstić information content (AvgIpc) is 2.87. The summed E-state index contributed by atoms with van der Waals surface area (Å²) in [6, 6.07) is 3.68. The first-order valence-corrected chi connectivity index (χ1v) is 7.34. The summed E-state index contributed by atoms with van der Waals surface area (Å²) in [7, 11) is 0. The number of thioether (sulfide) groups is 1. The standard InChI is InChI=1S/C13H17N5O2S/c1-13(2,3)20-12(19)16-10-6-9(4-5-14-10)8-21-11-7-15-18-17-11/h4-7H,8H2,1-3H3,(H,14,16,19)(H,15,17,18). The van der Waals surface area contributed by atoms with Crippen LogP contribution in [0.5, 0.6) is 0 Å². The number of hydrogen-bond acceptors (Lipinski definition) is 6. The molecule has 0 unspecified atom stereocenters. The normalized spacial score (nSPS) is 11.2. The van der Waals surface area contributed by atoms with E-state index in [4.69, 9.17) is 4.74 Å². The van der Waals surface area contributed by atoms with E-state index in [1.165, 1.54) is 0 Å². The van der Waals surface area contributed by atoms with Crippen molar-refractivity contribution in [2.45, 2.75) is 37.2 Å². The molecule has 0 aliphatic heterocycles. The number of pyridine rings is 1. The second-order valence-electron chi connectivity index (χ2n) is 5.27. The zero-order valence-electron chi connectivity index (χ0n) is 12.1. The third-order valence-electron chi connectivity index (χ3n) is 2.23. The first-order chi connectivity index (χ1) is 9.92. The molecule has 0 aromatic carbocycles. The van der Waals surface area contributed by atoms with Crippen molar-refractivity contribution in [3.05, 3.63) is 30.1 Å². The molecule has 0 atom stereocenters. The van der Waals surface area contributed by atoms with Gasteiger partial charge in [0.1, 0.15) is 16.4 Å². The smallest absolute Gasteiger partial charge is 0.413 e. The number of hydrogen-bond donors (Lipinski definition) is 2. The fourth-order valence-corrected chi connectivity index (χ4v) is 2.19. The molecule has 0 spiro atoms. The number of rotatable bonds is 4. The third-order valence-corrected chi connectivity index (χ3v) is 3.20. The lowest BCUT2D eigenvalue weighted by atomic mass is 10.2. The van der Waals surface area contributed by atoms with Crippen LogP contribution in [0.2, 0.25) is 0 Å². The van der Waals surface area contributed by atoms with Crippen molar-refractivity contribution in [3.63, 3.8) is 0 Å². The lowest BCUT2D eigenvalue weighted by Crippen LogP contribution is -2.27. The molecule has 2 rings (SSSR count). The van der Waals surface area contributed by atoms with Crippen molar-refractivity contribution in [1.82, 2.24) is 20.4 Å². The molecule has 0 saturated heterocycles. The summed E-state index contributed by atoms with van der Waals surface area (Å²) >= 11 is 1.54. The Hall–Kier alpha value is -2.09. The highest BCUT2D eigenvalue weighted by Gasteiger charge is 2.16. The Kier molecular flexibility index (Phi) is 4.79. The molecule has 2 aromatic rings. The predicted octanol–water partition coefficient (Wildman–Crippen LogP) is 2.84. The van der Waals surface area contributed by atoms with Gasteiger partial charge in [-0.1, -0.05) is 11.8 Å². The van der Waals surface area contributed by atoms with Crippen LogP contribution in [0.3, 0.4) is 0 Å². The van der Waals surface area contributed by atoms with Crippen LogP contribution in [0.15, 0.2) is 29.6 Å². The minimum absolute atomic E-state index is 0.461.